The fourth-order valence-electron chi connectivity index (χ4n) is 3.78. The molecule has 1 saturated heterocycles. The van der Waals surface area contributed by atoms with Crippen LogP contribution in [0.4, 0.5) is 0 Å². The third-order valence-electron chi connectivity index (χ3n) is 5.24. The number of benzene rings is 1. The Morgan fingerprint density at radius 2 is 2.00 bits per heavy atom. The average Bonchev–Trinajstić information content (AvgIpc) is 3.04. The Labute approximate surface area is 147 Å². The number of piperidine rings is 1. The van der Waals surface area contributed by atoms with E-state index >= 15 is 0 Å². The second-order valence-corrected chi connectivity index (χ2v) is 6.85. The van der Waals surface area contributed by atoms with Crippen LogP contribution >= 0.6 is 0 Å². The molecule has 0 amide bonds. The van der Waals surface area contributed by atoms with Crippen LogP contribution in [0.25, 0.3) is 11.0 Å². The maximum Gasteiger partial charge on any atom is 0.235 e. The van der Waals surface area contributed by atoms with Gasteiger partial charge in [-0.05, 0) is 67.6 Å². The first-order valence-electron chi connectivity index (χ1n) is 8.98. The van der Waals surface area contributed by atoms with Crippen molar-refractivity contribution >= 4 is 16.9 Å². The Bertz CT molecular complexity index is 906. The monoisotopic (exact) mass is 333 g/mol. The molecule has 1 aliphatic heterocycles. The summed E-state index contributed by atoms with van der Waals surface area (Å²) in [5.74, 6) is 0.582. The van der Waals surface area contributed by atoms with Gasteiger partial charge in [0.15, 0.2) is 0 Å². The lowest BCUT2D eigenvalue weighted by Gasteiger charge is -2.21. The van der Waals surface area contributed by atoms with E-state index in [1.807, 2.05) is 47.3 Å². The van der Waals surface area contributed by atoms with E-state index in [1.165, 1.54) is 5.56 Å². The van der Waals surface area contributed by atoms with Gasteiger partial charge in [0.2, 0.25) is 5.91 Å². The molecular formula is C21H23N3O. The largest absolute Gasteiger partial charge is 0.317 e. The minimum Gasteiger partial charge on any atom is -0.317 e. The van der Waals surface area contributed by atoms with Crippen molar-refractivity contribution < 1.29 is 4.79 Å². The molecule has 3 heterocycles. The maximum absolute atomic E-state index is 13.0. The summed E-state index contributed by atoms with van der Waals surface area (Å²) in [5.41, 5.74) is 5.36. The standard InChI is InChI=1S/C21H23N3O/c1-15-5-2-3-6-17(15)13-20(25)24-14-18(16-8-11-22-12-9-16)21-19(24)7-4-10-23-21/h2-7,10,14,16,22H,8-9,11-13H2,1H3. The van der Waals surface area contributed by atoms with Crippen LogP contribution in [0, 0.1) is 6.92 Å². The predicted molar refractivity (Wildman–Crippen MR) is 100 cm³/mol. The second kappa shape index (κ2) is 6.81. The molecule has 4 nitrogen and oxygen atoms in total. The van der Waals surface area contributed by atoms with Crippen molar-refractivity contribution in [2.45, 2.75) is 32.1 Å². The first-order valence-corrected chi connectivity index (χ1v) is 8.98. The van der Waals surface area contributed by atoms with Crippen molar-refractivity contribution in [2.24, 2.45) is 0 Å². The summed E-state index contributed by atoms with van der Waals surface area (Å²) in [4.78, 5) is 17.6. The van der Waals surface area contributed by atoms with Gasteiger partial charge in [0.1, 0.15) is 0 Å². The molecule has 0 radical (unpaired) electrons. The van der Waals surface area contributed by atoms with Gasteiger partial charge in [-0.3, -0.25) is 14.3 Å². The number of hydrogen-bond acceptors (Lipinski definition) is 3. The van der Waals surface area contributed by atoms with Crippen LogP contribution in [0.3, 0.4) is 0 Å². The molecule has 3 aromatic rings. The highest BCUT2D eigenvalue weighted by Crippen LogP contribution is 2.32. The summed E-state index contributed by atoms with van der Waals surface area (Å²) in [6.45, 7) is 4.11. The molecule has 1 N–H and O–H groups in total. The molecule has 0 spiro atoms. The Morgan fingerprint density at radius 1 is 1.20 bits per heavy atom. The van der Waals surface area contributed by atoms with Gasteiger partial charge in [0.05, 0.1) is 17.5 Å². The number of pyridine rings is 1. The van der Waals surface area contributed by atoms with E-state index in [9.17, 15) is 4.79 Å². The van der Waals surface area contributed by atoms with Crippen LogP contribution in [0.5, 0.6) is 0 Å². The van der Waals surface area contributed by atoms with Crippen molar-refractivity contribution in [3.8, 4) is 0 Å². The molecule has 128 valence electrons. The number of aryl methyl sites for hydroxylation is 1. The average molecular weight is 333 g/mol. The smallest absolute Gasteiger partial charge is 0.235 e. The number of rotatable bonds is 3. The molecule has 0 aliphatic carbocycles. The van der Waals surface area contributed by atoms with E-state index in [2.05, 4.69) is 23.3 Å². The normalized spacial score (nSPS) is 15.6. The Kier molecular flexibility index (Phi) is 4.36. The lowest BCUT2D eigenvalue weighted by Crippen LogP contribution is -2.26. The summed E-state index contributed by atoms with van der Waals surface area (Å²) in [7, 11) is 0. The van der Waals surface area contributed by atoms with Crippen molar-refractivity contribution in [1.82, 2.24) is 14.9 Å². The summed E-state index contributed by atoms with van der Waals surface area (Å²) < 4.78 is 1.81. The van der Waals surface area contributed by atoms with Crippen molar-refractivity contribution in [3.63, 3.8) is 0 Å². The van der Waals surface area contributed by atoms with Crippen LogP contribution in [-0.4, -0.2) is 28.5 Å². The quantitative estimate of drug-likeness (QED) is 0.795. The zero-order chi connectivity index (χ0) is 17.2. The first kappa shape index (κ1) is 16.0. The van der Waals surface area contributed by atoms with Gasteiger partial charge in [-0.2, -0.15) is 0 Å². The predicted octanol–water partition coefficient (Wildman–Crippen LogP) is 3.69. The Balaban J connectivity index is 1.72. The zero-order valence-corrected chi connectivity index (χ0v) is 14.5. The van der Waals surface area contributed by atoms with Crippen LogP contribution in [0.1, 0.15) is 40.2 Å². The molecule has 1 aromatic carbocycles. The molecule has 1 aliphatic rings. The summed E-state index contributed by atoms with van der Waals surface area (Å²) in [6, 6.07) is 12.0. The van der Waals surface area contributed by atoms with E-state index in [-0.39, 0.29) is 5.91 Å². The third-order valence-corrected chi connectivity index (χ3v) is 5.24. The zero-order valence-electron chi connectivity index (χ0n) is 14.5. The fourth-order valence-corrected chi connectivity index (χ4v) is 3.78. The van der Waals surface area contributed by atoms with E-state index in [1.54, 1.807) is 0 Å². The van der Waals surface area contributed by atoms with Gasteiger partial charge in [-0.1, -0.05) is 24.3 Å². The number of carbonyl (C=O) groups excluding carboxylic acids is 1. The highest BCUT2D eigenvalue weighted by Gasteiger charge is 2.22. The van der Waals surface area contributed by atoms with Crippen molar-refractivity contribution in [1.29, 1.82) is 0 Å². The SMILES string of the molecule is Cc1ccccc1CC(=O)n1cc(C2CCNCC2)c2ncccc21. The number of nitrogens with one attached hydrogen (secondary N) is 1. The molecule has 0 unspecified atom stereocenters. The van der Waals surface area contributed by atoms with Crippen LogP contribution in [0.15, 0.2) is 48.8 Å². The van der Waals surface area contributed by atoms with Crippen LogP contribution < -0.4 is 5.32 Å². The van der Waals surface area contributed by atoms with Gasteiger partial charge >= 0.3 is 0 Å². The summed E-state index contributed by atoms with van der Waals surface area (Å²) in [5, 5.41) is 3.41. The Hall–Kier alpha value is -2.46. The van der Waals surface area contributed by atoms with Gasteiger partial charge in [0.25, 0.3) is 0 Å². The molecule has 4 heteroatoms. The number of fused-ring (bicyclic) bond motifs is 1. The minimum atomic E-state index is 0.104. The number of aromatic nitrogens is 2. The number of hydrogen-bond donors (Lipinski definition) is 1. The third kappa shape index (κ3) is 3.10. The lowest BCUT2D eigenvalue weighted by atomic mass is 9.91. The highest BCUT2D eigenvalue weighted by atomic mass is 16.2. The lowest BCUT2D eigenvalue weighted by molar-refractivity contribution is 0.0919. The van der Waals surface area contributed by atoms with Crippen molar-refractivity contribution in [3.05, 3.63) is 65.5 Å². The second-order valence-electron chi connectivity index (χ2n) is 6.85. The van der Waals surface area contributed by atoms with E-state index < -0.39 is 0 Å². The van der Waals surface area contributed by atoms with E-state index in [0.717, 1.165) is 48.1 Å². The fraction of sp³-hybridized carbons (Fsp3) is 0.333. The molecule has 1 fully saturated rings. The highest BCUT2D eigenvalue weighted by molar-refractivity contribution is 5.93. The minimum absolute atomic E-state index is 0.104. The number of carbonyl (C=O) groups is 1. The van der Waals surface area contributed by atoms with E-state index in [0.29, 0.717) is 12.3 Å². The van der Waals surface area contributed by atoms with E-state index in [4.69, 9.17) is 0 Å². The molecular weight excluding hydrogens is 310 g/mol. The summed E-state index contributed by atoms with van der Waals surface area (Å²) in [6.07, 6.45) is 6.47. The molecule has 25 heavy (non-hydrogen) atoms. The van der Waals surface area contributed by atoms with Crippen LogP contribution in [0.2, 0.25) is 0 Å². The molecule has 2 aromatic heterocycles. The van der Waals surface area contributed by atoms with Crippen molar-refractivity contribution in [2.75, 3.05) is 13.1 Å². The molecule has 0 bridgehead atoms. The molecule has 4 rings (SSSR count). The Morgan fingerprint density at radius 3 is 2.80 bits per heavy atom. The first-order chi connectivity index (χ1) is 12.2. The van der Waals surface area contributed by atoms with Gasteiger partial charge in [-0.25, -0.2) is 0 Å². The summed E-state index contributed by atoms with van der Waals surface area (Å²) >= 11 is 0. The molecule has 0 saturated carbocycles. The van der Waals surface area contributed by atoms with Gasteiger partial charge in [0, 0.05) is 12.4 Å². The maximum atomic E-state index is 13.0. The van der Waals surface area contributed by atoms with Gasteiger partial charge in [-0.15, -0.1) is 0 Å². The topological polar surface area (TPSA) is 46.9 Å². The molecule has 0 atom stereocenters. The number of nitrogens with zero attached hydrogens (tertiary/aromatic N) is 2. The van der Waals surface area contributed by atoms with Crippen LogP contribution in [-0.2, 0) is 6.42 Å². The van der Waals surface area contributed by atoms with Gasteiger partial charge < -0.3 is 5.32 Å².